The fourth-order valence-electron chi connectivity index (χ4n) is 5.36. The normalized spacial score (nSPS) is 20.2. The molecule has 0 saturated carbocycles. The highest BCUT2D eigenvalue weighted by Crippen LogP contribution is 2.51. The van der Waals surface area contributed by atoms with Crippen LogP contribution in [0.25, 0.3) is 0 Å². The molecule has 0 aliphatic carbocycles. The molecule has 1 unspecified atom stereocenters. The molecule has 4 heterocycles. The minimum atomic E-state index is -0.0983. The number of aromatic nitrogens is 1. The Kier molecular flexibility index (Phi) is 8.48. The number of rotatable bonds is 8. The number of aromatic amines is 1. The number of nitrogens with zero attached hydrogens (tertiary/aromatic N) is 2. The van der Waals surface area contributed by atoms with E-state index in [0.29, 0.717) is 32.0 Å². The maximum absolute atomic E-state index is 12.4. The smallest absolute Gasteiger partial charge is 0.271 e. The predicted molar refractivity (Wildman–Crippen MR) is 156 cm³/mol. The van der Waals surface area contributed by atoms with Gasteiger partial charge in [-0.2, -0.15) is 0 Å². The third kappa shape index (κ3) is 6.16. The first kappa shape index (κ1) is 26.7. The molecule has 206 valence electrons. The van der Waals surface area contributed by atoms with Crippen molar-refractivity contribution in [3.63, 3.8) is 0 Å². The summed E-state index contributed by atoms with van der Waals surface area (Å²) in [7, 11) is 1.76. The number of methoxy groups -OCH3 is 1. The second-order valence-corrected chi connectivity index (χ2v) is 12.1. The first-order chi connectivity index (χ1) is 19.2. The van der Waals surface area contributed by atoms with Crippen LogP contribution in [0.2, 0.25) is 0 Å². The Morgan fingerprint density at radius 2 is 1.95 bits per heavy atom. The Labute approximate surface area is 237 Å². The molecule has 39 heavy (non-hydrogen) atoms. The Bertz CT molecular complexity index is 1350. The summed E-state index contributed by atoms with van der Waals surface area (Å²) in [6.45, 7) is 7.02. The minimum Gasteiger partial charge on any atom is -0.383 e. The number of benzene rings is 2. The lowest BCUT2D eigenvalue weighted by molar-refractivity contribution is 0.0319. The first-order valence-electron chi connectivity index (χ1n) is 13.4. The lowest BCUT2D eigenvalue weighted by atomic mass is 10.1. The highest BCUT2D eigenvalue weighted by atomic mass is 32.2. The number of ether oxygens (including phenoxy) is 3. The topological polar surface area (TPSA) is 79.1 Å². The molecule has 2 saturated heterocycles. The van der Waals surface area contributed by atoms with Gasteiger partial charge < -0.3 is 29.4 Å². The van der Waals surface area contributed by atoms with E-state index in [0.717, 1.165) is 38.5 Å². The molecule has 6 rings (SSSR count). The van der Waals surface area contributed by atoms with Gasteiger partial charge in [0.25, 0.3) is 5.56 Å². The third-order valence-electron chi connectivity index (χ3n) is 7.26. The van der Waals surface area contributed by atoms with Gasteiger partial charge in [-0.15, -0.1) is 0 Å². The molecular formula is C29H34N4O4S2. The summed E-state index contributed by atoms with van der Waals surface area (Å²) in [5.41, 5.74) is 2.93. The van der Waals surface area contributed by atoms with E-state index in [-0.39, 0.29) is 17.7 Å². The van der Waals surface area contributed by atoms with Crippen molar-refractivity contribution in [3.05, 3.63) is 70.6 Å². The number of nitrogens with one attached hydrogen (secondary N) is 2. The van der Waals surface area contributed by atoms with Gasteiger partial charge >= 0.3 is 0 Å². The number of hydrogen-bond acceptors (Lipinski definition) is 9. The number of H-pyrrole nitrogens is 1. The van der Waals surface area contributed by atoms with Crippen LogP contribution < -0.4 is 15.8 Å². The Hall–Kier alpha value is -2.47. The van der Waals surface area contributed by atoms with E-state index < -0.39 is 0 Å². The first-order valence-corrected chi connectivity index (χ1v) is 15.0. The zero-order valence-corrected chi connectivity index (χ0v) is 23.7. The minimum absolute atomic E-state index is 0.0609. The fraction of sp³-hybridized carbons (Fsp3) is 0.414. The number of fused-ring (bicyclic) bond motifs is 2. The van der Waals surface area contributed by atoms with Gasteiger partial charge in [-0.25, -0.2) is 0 Å². The van der Waals surface area contributed by atoms with Crippen LogP contribution in [-0.2, 0) is 14.2 Å². The second-order valence-electron chi connectivity index (χ2n) is 9.94. The molecule has 0 radical (unpaired) electrons. The molecule has 2 aromatic carbocycles. The Morgan fingerprint density at radius 3 is 2.79 bits per heavy atom. The summed E-state index contributed by atoms with van der Waals surface area (Å²) in [6, 6.07) is 17.1. The van der Waals surface area contributed by atoms with Crippen molar-refractivity contribution in [1.82, 2.24) is 9.88 Å². The van der Waals surface area contributed by atoms with E-state index in [1.165, 1.54) is 25.1 Å². The molecule has 2 atom stereocenters. The molecule has 2 N–H and O–H groups in total. The molecule has 3 aliphatic rings. The lowest BCUT2D eigenvalue weighted by Crippen LogP contribution is -2.44. The Morgan fingerprint density at radius 1 is 1.05 bits per heavy atom. The average Bonchev–Trinajstić information content (AvgIpc) is 2.97. The van der Waals surface area contributed by atoms with Crippen molar-refractivity contribution >= 4 is 34.9 Å². The van der Waals surface area contributed by atoms with Crippen LogP contribution in [0.3, 0.4) is 0 Å². The Balaban J connectivity index is 1.18. The fourth-order valence-corrected chi connectivity index (χ4v) is 7.81. The molecule has 10 heteroatoms. The molecule has 8 nitrogen and oxygen atoms in total. The van der Waals surface area contributed by atoms with Gasteiger partial charge in [0, 0.05) is 71.3 Å². The molecule has 1 aromatic heterocycles. The van der Waals surface area contributed by atoms with E-state index in [9.17, 15) is 4.79 Å². The molecule has 3 aliphatic heterocycles. The molecular weight excluding hydrogens is 532 g/mol. The molecule has 0 bridgehead atoms. The summed E-state index contributed by atoms with van der Waals surface area (Å²) < 4.78 is 17.3. The van der Waals surface area contributed by atoms with Gasteiger partial charge in [0.15, 0.2) is 0 Å². The number of pyridine rings is 1. The lowest BCUT2D eigenvalue weighted by Gasteiger charge is -2.35. The van der Waals surface area contributed by atoms with Crippen molar-refractivity contribution in [2.75, 3.05) is 76.5 Å². The van der Waals surface area contributed by atoms with Gasteiger partial charge in [-0.3, -0.25) is 9.69 Å². The van der Waals surface area contributed by atoms with Crippen molar-refractivity contribution in [3.8, 4) is 0 Å². The zero-order chi connectivity index (χ0) is 26.6. The van der Waals surface area contributed by atoms with Crippen LogP contribution in [0.1, 0.15) is 11.7 Å². The zero-order valence-electron chi connectivity index (χ0n) is 22.1. The molecule has 0 spiro atoms. The summed E-state index contributed by atoms with van der Waals surface area (Å²) in [5, 5.41) is 3.71. The molecule has 0 amide bonds. The third-order valence-corrected chi connectivity index (χ3v) is 9.87. The van der Waals surface area contributed by atoms with Crippen LogP contribution in [0, 0.1) is 0 Å². The van der Waals surface area contributed by atoms with Gasteiger partial charge in [0.1, 0.15) is 11.8 Å². The van der Waals surface area contributed by atoms with Crippen LogP contribution in [0.5, 0.6) is 0 Å². The average molecular weight is 567 g/mol. The van der Waals surface area contributed by atoms with Gasteiger partial charge in [0.2, 0.25) is 0 Å². The second kappa shape index (κ2) is 12.4. The van der Waals surface area contributed by atoms with E-state index in [2.05, 4.69) is 56.5 Å². The van der Waals surface area contributed by atoms with E-state index >= 15 is 0 Å². The largest absolute Gasteiger partial charge is 0.383 e. The van der Waals surface area contributed by atoms with Crippen molar-refractivity contribution < 1.29 is 14.2 Å². The number of morpholine rings is 2. The summed E-state index contributed by atoms with van der Waals surface area (Å²) >= 11 is 3.61. The summed E-state index contributed by atoms with van der Waals surface area (Å²) in [5.74, 6) is 0. The van der Waals surface area contributed by atoms with E-state index in [1.807, 2.05) is 35.7 Å². The predicted octanol–water partition coefficient (Wildman–Crippen LogP) is 4.33. The maximum Gasteiger partial charge on any atom is 0.271 e. The van der Waals surface area contributed by atoms with Crippen molar-refractivity contribution in [1.29, 1.82) is 0 Å². The maximum atomic E-state index is 12.4. The van der Waals surface area contributed by atoms with Crippen LogP contribution >= 0.6 is 23.5 Å². The summed E-state index contributed by atoms with van der Waals surface area (Å²) in [4.78, 5) is 24.7. The van der Waals surface area contributed by atoms with Crippen LogP contribution in [-0.4, -0.2) is 82.2 Å². The highest BCUT2D eigenvalue weighted by Gasteiger charge is 2.29. The quantitative estimate of drug-likeness (QED) is 0.324. The SMILES string of the molecule is COCC(CN1CCOCC1)Nc1ccc2c(c1)Sc1cccc([C@H]3CN(c4ccc[nH]c4=O)CCO3)c1S2. The monoisotopic (exact) mass is 566 g/mol. The highest BCUT2D eigenvalue weighted by molar-refractivity contribution is 8.05. The van der Waals surface area contributed by atoms with Crippen LogP contribution in [0.15, 0.2) is 79.1 Å². The van der Waals surface area contributed by atoms with Crippen molar-refractivity contribution in [2.45, 2.75) is 31.7 Å². The number of anilines is 2. The number of hydrogen-bond donors (Lipinski definition) is 2. The standard InChI is InChI=1S/C29H34N4O4S2/c1-35-19-21(17-32-10-13-36-14-11-32)31-20-7-8-25-27(16-20)38-26-6-2-4-22(28(26)39-25)24-18-33(12-15-37-24)23-5-3-9-30-29(23)34/h2-9,16,21,24,31H,10-15,17-19H2,1H3,(H,30,34)/t21?,24-/m1/s1. The van der Waals surface area contributed by atoms with Crippen LogP contribution in [0.4, 0.5) is 11.4 Å². The molecule has 2 fully saturated rings. The van der Waals surface area contributed by atoms with Gasteiger partial charge in [0.05, 0.1) is 32.5 Å². The summed E-state index contributed by atoms with van der Waals surface area (Å²) in [6.07, 6.45) is 1.57. The molecule has 3 aromatic rings. The van der Waals surface area contributed by atoms with E-state index in [4.69, 9.17) is 14.2 Å². The van der Waals surface area contributed by atoms with Crippen molar-refractivity contribution in [2.24, 2.45) is 0 Å². The van der Waals surface area contributed by atoms with Gasteiger partial charge in [-0.1, -0.05) is 35.7 Å². The van der Waals surface area contributed by atoms with Gasteiger partial charge in [-0.05, 0) is 42.0 Å². The van der Waals surface area contributed by atoms with E-state index in [1.54, 1.807) is 13.3 Å².